The third kappa shape index (κ3) is 1.65. The van der Waals surface area contributed by atoms with E-state index in [2.05, 4.69) is 27.6 Å². The normalized spacial score (nSPS) is 22.9. The number of alkyl halides is 1. The molecule has 1 aromatic rings. The van der Waals surface area contributed by atoms with E-state index in [1.54, 1.807) is 17.4 Å². The van der Waals surface area contributed by atoms with E-state index in [0.29, 0.717) is 0 Å². The van der Waals surface area contributed by atoms with Crippen LogP contribution in [0.1, 0.15) is 12.8 Å². The molecule has 0 spiro atoms. The number of amides is 1. The number of aromatic nitrogens is 2. The molecule has 0 N–H and O–H groups in total. The number of rotatable bonds is 0. The van der Waals surface area contributed by atoms with Gasteiger partial charge in [0, 0.05) is 13.6 Å². The summed E-state index contributed by atoms with van der Waals surface area (Å²) >= 11 is 2.22. The summed E-state index contributed by atoms with van der Waals surface area (Å²) in [7, 11) is 1.81. The van der Waals surface area contributed by atoms with Gasteiger partial charge in [-0.05, 0) is 12.8 Å². The molecular weight excluding hydrogens is 293 g/mol. The Morgan fingerprint density at radius 3 is 3.21 bits per heavy atom. The maximum Gasteiger partial charge on any atom is 0.240 e. The molecule has 0 aromatic carbocycles. The van der Waals surface area contributed by atoms with Crippen molar-refractivity contribution < 1.29 is 4.79 Å². The van der Waals surface area contributed by atoms with Crippen LogP contribution in [-0.4, -0.2) is 26.4 Å². The highest BCUT2D eigenvalue weighted by Gasteiger charge is 2.24. The van der Waals surface area contributed by atoms with Crippen LogP contribution in [0.15, 0.2) is 12.5 Å². The second-order valence-corrected chi connectivity index (χ2v) is 4.96. The zero-order valence-electron chi connectivity index (χ0n) is 7.98. The van der Waals surface area contributed by atoms with Gasteiger partial charge < -0.3 is 4.57 Å². The van der Waals surface area contributed by atoms with Gasteiger partial charge in [-0.3, -0.25) is 9.69 Å². The van der Waals surface area contributed by atoms with Crippen LogP contribution in [0.5, 0.6) is 0 Å². The Hall–Kier alpha value is -0.590. The Morgan fingerprint density at radius 2 is 2.43 bits per heavy atom. The molecule has 0 saturated heterocycles. The Bertz CT molecular complexity index is 350. The number of aryl methyl sites for hydroxylation is 1. The first-order valence-electron chi connectivity index (χ1n) is 4.62. The van der Waals surface area contributed by atoms with E-state index in [1.807, 2.05) is 11.6 Å². The number of hydrogen-bond acceptors (Lipinski definition) is 2. The predicted molar refractivity (Wildman–Crippen MR) is 62.7 cm³/mol. The van der Waals surface area contributed by atoms with Crippen molar-refractivity contribution in [1.29, 1.82) is 0 Å². The highest BCUT2D eigenvalue weighted by Crippen LogP contribution is 2.22. The smallest absolute Gasteiger partial charge is 0.240 e. The Balaban J connectivity index is 2.35. The largest absolute Gasteiger partial charge is 0.317 e. The van der Waals surface area contributed by atoms with Crippen molar-refractivity contribution in [2.45, 2.75) is 23.3 Å². The number of halogens is 1. The summed E-state index contributed by atoms with van der Waals surface area (Å²) in [6.45, 7) is 0.951. The lowest BCUT2D eigenvalue weighted by Crippen LogP contribution is -2.36. The molecule has 0 radical (unpaired) electrons. The summed E-state index contributed by atoms with van der Waals surface area (Å²) in [5.74, 6) is 1.07. The van der Waals surface area contributed by atoms with Crippen LogP contribution in [0.25, 0.3) is 0 Å². The van der Waals surface area contributed by atoms with Crippen molar-refractivity contribution in [2.75, 3.05) is 11.9 Å². The fourth-order valence-corrected chi connectivity index (χ4v) is 2.51. The number of carbonyl (C=O) groups excluding carboxylic acids is 1. The van der Waals surface area contributed by atoms with E-state index in [4.69, 9.17) is 0 Å². The Labute approximate surface area is 96.4 Å². The summed E-state index contributed by atoms with van der Waals surface area (Å²) in [6.07, 6.45) is 5.51. The van der Waals surface area contributed by atoms with Crippen LogP contribution in [0.4, 0.5) is 5.82 Å². The average Bonchev–Trinajstić information content (AvgIpc) is 2.62. The molecule has 1 aromatic heterocycles. The zero-order chi connectivity index (χ0) is 10.1. The van der Waals surface area contributed by atoms with E-state index in [1.165, 1.54) is 0 Å². The van der Waals surface area contributed by atoms with Gasteiger partial charge >= 0.3 is 0 Å². The second kappa shape index (κ2) is 3.88. The van der Waals surface area contributed by atoms with Crippen molar-refractivity contribution in [3.63, 3.8) is 0 Å². The SMILES string of the molecule is CN1C(=O)C(I)CCCn2cncc21. The van der Waals surface area contributed by atoms with Crippen LogP contribution in [0.2, 0.25) is 0 Å². The highest BCUT2D eigenvalue weighted by atomic mass is 127. The molecule has 2 rings (SSSR count). The van der Waals surface area contributed by atoms with Crippen LogP contribution < -0.4 is 4.90 Å². The maximum absolute atomic E-state index is 11.8. The van der Waals surface area contributed by atoms with Gasteiger partial charge in [0.1, 0.15) is 5.82 Å². The van der Waals surface area contributed by atoms with Crippen molar-refractivity contribution in [3.05, 3.63) is 12.5 Å². The predicted octanol–water partition coefficient (Wildman–Crippen LogP) is 1.44. The van der Waals surface area contributed by atoms with Crippen molar-refractivity contribution in [2.24, 2.45) is 0 Å². The van der Waals surface area contributed by atoms with Crippen molar-refractivity contribution in [3.8, 4) is 0 Å². The minimum Gasteiger partial charge on any atom is -0.317 e. The Kier molecular flexibility index (Phi) is 2.76. The van der Waals surface area contributed by atoms with Gasteiger partial charge in [0.25, 0.3) is 0 Å². The topological polar surface area (TPSA) is 38.1 Å². The zero-order valence-corrected chi connectivity index (χ0v) is 10.1. The minimum absolute atomic E-state index is 0.0984. The van der Waals surface area contributed by atoms with E-state index in [-0.39, 0.29) is 9.83 Å². The number of fused-ring (bicyclic) bond motifs is 1. The van der Waals surface area contributed by atoms with Gasteiger partial charge in [-0.15, -0.1) is 0 Å². The van der Waals surface area contributed by atoms with E-state index in [0.717, 1.165) is 25.2 Å². The van der Waals surface area contributed by atoms with Crippen LogP contribution in [-0.2, 0) is 11.3 Å². The summed E-state index contributed by atoms with van der Waals surface area (Å²) < 4.78 is 2.13. The van der Waals surface area contributed by atoms with E-state index in [9.17, 15) is 4.79 Å². The molecule has 1 amide bonds. The van der Waals surface area contributed by atoms with E-state index < -0.39 is 0 Å². The molecule has 0 fully saturated rings. The first kappa shape index (κ1) is 9.95. The minimum atomic E-state index is 0.0984. The molecule has 1 atom stereocenters. The number of anilines is 1. The molecule has 14 heavy (non-hydrogen) atoms. The second-order valence-electron chi connectivity index (χ2n) is 3.45. The van der Waals surface area contributed by atoms with Crippen LogP contribution in [0, 0.1) is 0 Å². The van der Waals surface area contributed by atoms with Gasteiger partial charge in [-0.25, -0.2) is 4.98 Å². The quantitative estimate of drug-likeness (QED) is 0.537. The molecule has 5 heteroatoms. The average molecular weight is 305 g/mol. The molecule has 76 valence electrons. The maximum atomic E-state index is 11.8. The van der Waals surface area contributed by atoms with Crippen molar-refractivity contribution >= 4 is 34.3 Å². The number of hydrogen-bond donors (Lipinski definition) is 0. The van der Waals surface area contributed by atoms with E-state index >= 15 is 0 Å². The molecule has 1 aliphatic rings. The van der Waals surface area contributed by atoms with Crippen LogP contribution >= 0.6 is 22.6 Å². The molecule has 0 saturated carbocycles. The molecule has 2 heterocycles. The first-order chi connectivity index (χ1) is 6.70. The van der Waals surface area contributed by atoms with Gasteiger partial charge in [-0.1, -0.05) is 22.6 Å². The lowest BCUT2D eigenvalue weighted by molar-refractivity contribution is -0.117. The third-order valence-corrected chi connectivity index (χ3v) is 3.64. The Morgan fingerprint density at radius 1 is 1.64 bits per heavy atom. The van der Waals surface area contributed by atoms with Crippen LogP contribution in [0.3, 0.4) is 0 Å². The molecule has 4 nitrogen and oxygen atoms in total. The third-order valence-electron chi connectivity index (χ3n) is 2.49. The van der Waals surface area contributed by atoms with Gasteiger partial charge in [0.2, 0.25) is 5.91 Å². The first-order valence-corrected chi connectivity index (χ1v) is 5.86. The lowest BCUT2D eigenvalue weighted by Gasteiger charge is -2.24. The van der Waals surface area contributed by atoms with Gasteiger partial charge in [0.15, 0.2) is 0 Å². The number of nitrogens with zero attached hydrogens (tertiary/aromatic N) is 3. The highest BCUT2D eigenvalue weighted by molar-refractivity contribution is 14.1. The summed E-state index contributed by atoms with van der Waals surface area (Å²) in [5.41, 5.74) is 0. The van der Waals surface area contributed by atoms with Gasteiger partial charge in [0.05, 0.1) is 16.4 Å². The molecule has 0 aliphatic carbocycles. The fraction of sp³-hybridized carbons (Fsp3) is 0.556. The summed E-state index contributed by atoms with van der Waals surface area (Å²) in [5, 5.41) is 0. The summed E-state index contributed by atoms with van der Waals surface area (Å²) in [6, 6.07) is 0. The molecule has 1 unspecified atom stereocenters. The monoisotopic (exact) mass is 305 g/mol. The lowest BCUT2D eigenvalue weighted by atomic mass is 10.2. The number of carbonyl (C=O) groups is 1. The van der Waals surface area contributed by atoms with Crippen molar-refractivity contribution in [1.82, 2.24) is 9.55 Å². The fourth-order valence-electron chi connectivity index (χ4n) is 1.65. The van der Waals surface area contributed by atoms with Gasteiger partial charge in [-0.2, -0.15) is 0 Å². The standard InChI is InChI=1S/C9H12IN3O/c1-12-8-5-11-6-13(8)4-2-3-7(10)9(12)14/h5-7H,2-4H2,1H3. The molecule has 0 bridgehead atoms. The molecule has 1 aliphatic heterocycles. The number of imidazole rings is 1. The molecular formula is C9H12IN3O. The summed E-state index contributed by atoms with van der Waals surface area (Å²) in [4.78, 5) is 17.6.